The van der Waals surface area contributed by atoms with Gasteiger partial charge in [0.1, 0.15) is 24.2 Å². The predicted octanol–water partition coefficient (Wildman–Crippen LogP) is 4.91. The second kappa shape index (κ2) is 8.49. The molecule has 2 aromatic rings. The van der Waals surface area contributed by atoms with Gasteiger partial charge in [-0.25, -0.2) is 0 Å². The lowest BCUT2D eigenvalue weighted by Crippen LogP contribution is -2.22. The van der Waals surface area contributed by atoms with Crippen LogP contribution in [0.15, 0.2) is 47.4 Å². The zero-order valence-corrected chi connectivity index (χ0v) is 14.7. The summed E-state index contributed by atoms with van der Waals surface area (Å²) in [4.78, 5) is 0.992. The van der Waals surface area contributed by atoms with Crippen LogP contribution in [0, 0.1) is 6.92 Å². The molecule has 2 rings (SSSR count). The summed E-state index contributed by atoms with van der Waals surface area (Å²) in [6, 6.07) is 9.91. The second-order valence-corrected chi connectivity index (χ2v) is 6.54. The number of benzene rings is 2. The fourth-order valence-corrected chi connectivity index (χ4v) is 3.06. The van der Waals surface area contributed by atoms with E-state index in [0.29, 0.717) is 11.5 Å². The number of ether oxygens (including phenoxy) is 2. The molecule has 1 unspecified atom stereocenters. The average molecular weight is 372 g/mol. The molecule has 0 aliphatic rings. The van der Waals surface area contributed by atoms with Gasteiger partial charge in [0.25, 0.3) is 0 Å². The normalized spacial score (nSPS) is 12.8. The van der Waals surface area contributed by atoms with Gasteiger partial charge in [0.15, 0.2) is 0 Å². The number of halogens is 3. The summed E-state index contributed by atoms with van der Waals surface area (Å²) >= 11 is 1.55. The minimum absolute atomic E-state index is 0.221. The van der Waals surface area contributed by atoms with Crippen LogP contribution in [0.2, 0.25) is 0 Å². The minimum Gasteiger partial charge on any atom is -0.508 e. The Morgan fingerprint density at radius 3 is 2.36 bits per heavy atom. The largest absolute Gasteiger partial charge is 0.508 e. The van der Waals surface area contributed by atoms with E-state index >= 15 is 0 Å². The van der Waals surface area contributed by atoms with E-state index < -0.39 is 11.7 Å². The molecule has 0 saturated carbocycles. The van der Waals surface area contributed by atoms with Crippen LogP contribution in [0.3, 0.4) is 0 Å². The zero-order chi connectivity index (χ0) is 18.4. The van der Waals surface area contributed by atoms with E-state index in [4.69, 9.17) is 9.47 Å². The van der Waals surface area contributed by atoms with Gasteiger partial charge >= 0.3 is 6.18 Å². The summed E-state index contributed by atoms with van der Waals surface area (Å²) in [6.07, 6.45) is -4.58. The van der Waals surface area contributed by atoms with Crippen LogP contribution in [-0.2, 0) is 10.9 Å². The molecular weight excluding hydrogens is 353 g/mol. The van der Waals surface area contributed by atoms with E-state index in [0.717, 1.165) is 22.6 Å². The molecule has 0 aromatic heterocycles. The maximum absolute atomic E-state index is 12.5. The van der Waals surface area contributed by atoms with Crippen molar-refractivity contribution in [1.29, 1.82) is 0 Å². The van der Waals surface area contributed by atoms with Gasteiger partial charge in [-0.15, -0.1) is 11.8 Å². The SMILES string of the molecule is COC(COc1ccc(C(F)(F)F)cc1)CSc1ccc(O)c(C)c1. The third kappa shape index (κ3) is 5.86. The van der Waals surface area contributed by atoms with Crippen LogP contribution in [0.25, 0.3) is 0 Å². The number of phenols is 1. The Kier molecular flexibility index (Phi) is 6.61. The van der Waals surface area contributed by atoms with E-state index in [1.807, 2.05) is 19.1 Å². The van der Waals surface area contributed by atoms with Gasteiger partial charge in [-0.3, -0.25) is 0 Å². The number of hydrogen-bond acceptors (Lipinski definition) is 4. The highest BCUT2D eigenvalue weighted by atomic mass is 32.2. The summed E-state index contributed by atoms with van der Waals surface area (Å²) < 4.78 is 48.4. The molecule has 0 spiro atoms. The van der Waals surface area contributed by atoms with Crippen molar-refractivity contribution in [3.8, 4) is 11.5 Å². The Morgan fingerprint density at radius 2 is 1.80 bits per heavy atom. The molecular formula is C18H19F3O3S. The van der Waals surface area contributed by atoms with Crippen LogP contribution < -0.4 is 4.74 Å². The van der Waals surface area contributed by atoms with Gasteiger partial charge in [-0.1, -0.05) is 0 Å². The molecule has 0 saturated heterocycles. The van der Waals surface area contributed by atoms with E-state index in [-0.39, 0.29) is 18.5 Å². The minimum atomic E-state index is -4.35. The van der Waals surface area contributed by atoms with Crippen molar-refractivity contribution in [3.63, 3.8) is 0 Å². The number of methoxy groups -OCH3 is 1. The number of phenolic OH excluding ortho intramolecular Hbond substituents is 1. The van der Waals surface area contributed by atoms with E-state index in [9.17, 15) is 18.3 Å². The van der Waals surface area contributed by atoms with Gasteiger partial charge in [0.2, 0.25) is 0 Å². The highest BCUT2D eigenvalue weighted by Crippen LogP contribution is 2.30. The number of thioether (sulfide) groups is 1. The second-order valence-electron chi connectivity index (χ2n) is 5.45. The fraction of sp³-hybridized carbons (Fsp3) is 0.333. The quantitative estimate of drug-likeness (QED) is 0.701. The number of aryl methyl sites for hydroxylation is 1. The van der Waals surface area contributed by atoms with Crippen molar-refractivity contribution in [3.05, 3.63) is 53.6 Å². The molecule has 3 nitrogen and oxygen atoms in total. The van der Waals surface area contributed by atoms with Crippen molar-refractivity contribution in [2.45, 2.75) is 24.1 Å². The topological polar surface area (TPSA) is 38.7 Å². The predicted molar refractivity (Wildman–Crippen MR) is 91.3 cm³/mol. The van der Waals surface area contributed by atoms with Gasteiger partial charge in [-0.05, 0) is 55.0 Å². The summed E-state index contributed by atoms with van der Waals surface area (Å²) in [5, 5.41) is 9.52. The van der Waals surface area contributed by atoms with Crippen LogP contribution in [-0.4, -0.2) is 30.7 Å². The van der Waals surface area contributed by atoms with E-state index in [1.54, 1.807) is 24.9 Å². The van der Waals surface area contributed by atoms with Crippen molar-refractivity contribution in [2.24, 2.45) is 0 Å². The molecule has 0 amide bonds. The molecule has 0 fully saturated rings. The first-order chi connectivity index (χ1) is 11.8. The molecule has 0 aliphatic carbocycles. The standard InChI is InChI=1S/C18H19F3O3S/c1-12-9-16(7-8-17(12)22)25-11-15(23-2)10-24-14-5-3-13(4-6-14)18(19,20)21/h3-9,15,22H,10-11H2,1-2H3. The monoisotopic (exact) mass is 372 g/mol. The lowest BCUT2D eigenvalue weighted by Gasteiger charge is -2.16. The molecule has 1 N–H and O–H groups in total. The highest BCUT2D eigenvalue weighted by molar-refractivity contribution is 7.99. The summed E-state index contributed by atoms with van der Waals surface area (Å²) in [5.74, 6) is 1.22. The van der Waals surface area contributed by atoms with Gasteiger partial charge in [0, 0.05) is 17.8 Å². The maximum Gasteiger partial charge on any atom is 0.416 e. The van der Waals surface area contributed by atoms with E-state index in [2.05, 4.69) is 0 Å². The van der Waals surface area contributed by atoms with Crippen LogP contribution in [0.1, 0.15) is 11.1 Å². The van der Waals surface area contributed by atoms with Gasteiger partial charge < -0.3 is 14.6 Å². The first kappa shape index (κ1) is 19.5. The first-order valence-corrected chi connectivity index (χ1v) is 8.53. The van der Waals surface area contributed by atoms with Crippen molar-refractivity contribution in [1.82, 2.24) is 0 Å². The Balaban J connectivity index is 1.86. The molecule has 0 heterocycles. The molecule has 1 atom stereocenters. The summed E-state index contributed by atoms with van der Waals surface area (Å²) in [5.41, 5.74) is 0.0846. The van der Waals surface area contributed by atoms with Crippen molar-refractivity contribution >= 4 is 11.8 Å². The fourth-order valence-electron chi connectivity index (χ4n) is 2.02. The zero-order valence-electron chi connectivity index (χ0n) is 13.8. The number of aromatic hydroxyl groups is 1. The summed E-state index contributed by atoms with van der Waals surface area (Å²) in [6.45, 7) is 2.05. The van der Waals surface area contributed by atoms with Gasteiger partial charge in [0.05, 0.1) is 5.56 Å². The van der Waals surface area contributed by atoms with Crippen molar-refractivity contribution < 1.29 is 27.8 Å². The lowest BCUT2D eigenvalue weighted by atomic mass is 10.2. The number of rotatable bonds is 7. The first-order valence-electron chi connectivity index (χ1n) is 7.55. The average Bonchev–Trinajstić information content (AvgIpc) is 2.57. The Hall–Kier alpha value is -1.86. The molecule has 7 heteroatoms. The highest BCUT2D eigenvalue weighted by Gasteiger charge is 2.30. The van der Waals surface area contributed by atoms with E-state index in [1.165, 1.54) is 12.1 Å². The van der Waals surface area contributed by atoms with Crippen LogP contribution in [0.5, 0.6) is 11.5 Å². The molecule has 2 aromatic carbocycles. The summed E-state index contributed by atoms with van der Waals surface area (Å²) in [7, 11) is 1.56. The molecule has 0 radical (unpaired) electrons. The molecule has 0 aliphatic heterocycles. The molecule has 136 valence electrons. The third-order valence-electron chi connectivity index (χ3n) is 3.56. The lowest BCUT2D eigenvalue weighted by molar-refractivity contribution is -0.137. The Bertz CT molecular complexity index is 687. The molecule has 25 heavy (non-hydrogen) atoms. The molecule has 0 bridgehead atoms. The number of hydrogen-bond donors (Lipinski definition) is 1. The van der Waals surface area contributed by atoms with Gasteiger partial charge in [-0.2, -0.15) is 13.2 Å². The Labute approximate surface area is 148 Å². The van der Waals surface area contributed by atoms with Crippen molar-refractivity contribution in [2.75, 3.05) is 19.5 Å². The smallest absolute Gasteiger partial charge is 0.416 e. The van der Waals surface area contributed by atoms with Crippen LogP contribution in [0.4, 0.5) is 13.2 Å². The van der Waals surface area contributed by atoms with Crippen LogP contribution >= 0.6 is 11.8 Å². The maximum atomic E-state index is 12.5. The third-order valence-corrected chi connectivity index (χ3v) is 4.68. The Morgan fingerprint density at radius 1 is 1.12 bits per heavy atom. The number of alkyl halides is 3.